The minimum atomic E-state index is -0.0799. The van der Waals surface area contributed by atoms with E-state index in [2.05, 4.69) is 0 Å². The first kappa shape index (κ1) is 12.8. The van der Waals surface area contributed by atoms with Crippen molar-refractivity contribution in [2.75, 3.05) is 20.1 Å². The zero-order chi connectivity index (χ0) is 7.11. The fourth-order valence-electron chi connectivity index (χ4n) is 0.576. The van der Waals surface area contributed by atoms with Gasteiger partial charge < -0.3 is 15.6 Å². The lowest BCUT2D eigenvalue weighted by Gasteiger charge is -2.11. The van der Waals surface area contributed by atoms with E-state index in [0.717, 1.165) is 12.8 Å². The number of ether oxygens (including phenoxy) is 2. The number of alkyl halides is 1. The highest BCUT2D eigenvalue weighted by Crippen LogP contribution is 2.01. The predicted molar refractivity (Wildman–Crippen MR) is 42.8 cm³/mol. The van der Waals surface area contributed by atoms with Crippen molar-refractivity contribution in [1.29, 1.82) is 0 Å². The molecule has 0 aromatic carbocycles. The Balaban J connectivity index is 0. The first-order chi connectivity index (χ1) is 4.35. The van der Waals surface area contributed by atoms with Crippen molar-refractivity contribution >= 4 is 11.6 Å². The molecule has 0 rings (SSSR count). The summed E-state index contributed by atoms with van der Waals surface area (Å²) < 4.78 is 9.84. The van der Waals surface area contributed by atoms with Crippen molar-refractivity contribution in [2.24, 2.45) is 0 Å². The summed E-state index contributed by atoms with van der Waals surface area (Å²) >= 11 is 5.45. The molecule has 0 aliphatic heterocycles. The number of hydrogen-bond donors (Lipinski definition) is 1. The molecule has 0 aromatic rings. The summed E-state index contributed by atoms with van der Waals surface area (Å²) in [6.45, 7) is 0. The second kappa shape index (κ2) is 9.17. The summed E-state index contributed by atoms with van der Waals surface area (Å²) in [4.78, 5) is 0. The molecule has 0 saturated carbocycles. The van der Waals surface area contributed by atoms with Crippen LogP contribution in [0.5, 0.6) is 0 Å². The van der Waals surface area contributed by atoms with Crippen LogP contribution in [-0.4, -0.2) is 26.4 Å². The topological polar surface area (TPSA) is 53.5 Å². The van der Waals surface area contributed by atoms with E-state index >= 15 is 0 Å². The van der Waals surface area contributed by atoms with Crippen LogP contribution in [0.15, 0.2) is 0 Å². The average molecular weight is 170 g/mol. The monoisotopic (exact) mass is 169 g/mol. The van der Waals surface area contributed by atoms with Gasteiger partial charge in [-0.1, -0.05) is 0 Å². The van der Waals surface area contributed by atoms with Gasteiger partial charge in [-0.3, -0.25) is 0 Å². The second-order valence-electron chi connectivity index (χ2n) is 1.73. The van der Waals surface area contributed by atoms with Crippen LogP contribution in [0.3, 0.4) is 0 Å². The maximum Gasteiger partial charge on any atom is 0.156 e. The van der Waals surface area contributed by atoms with Crippen molar-refractivity contribution in [3.05, 3.63) is 0 Å². The zero-order valence-corrected chi connectivity index (χ0v) is 7.36. The molecule has 0 atom stereocenters. The van der Waals surface area contributed by atoms with E-state index in [-0.39, 0.29) is 12.4 Å². The zero-order valence-electron chi connectivity index (χ0n) is 6.60. The second-order valence-corrected chi connectivity index (χ2v) is 2.11. The molecule has 0 bridgehead atoms. The fraction of sp³-hybridized carbons (Fsp3) is 1.00. The molecule has 0 amide bonds. The highest BCUT2D eigenvalue weighted by Gasteiger charge is 2.01. The Hall–Kier alpha value is 0.170. The maximum atomic E-state index is 5.45. The van der Waals surface area contributed by atoms with Crippen LogP contribution < -0.4 is 6.15 Å². The van der Waals surface area contributed by atoms with Gasteiger partial charge in [0.25, 0.3) is 0 Å². The smallest absolute Gasteiger partial charge is 0.156 e. The van der Waals surface area contributed by atoms with E-state index in [0.29, 0.717) is 5.88 Å². The Bertz CT molecular complexity index is 59.7. The van der Waals surface area contributed by atoms with E-state index in [1.54, 1.807) is 14.2 Å². The Morgan fingerprint density at radius 2 is 1.80 bits per heavy atom. The summed E-state index contributed by atoms with van der Waals surface area (Å²) in [5, 5.41) is 0. The first-order valence-electron chi connectivity index (χ1n) is 2.96. The van der Waals surface area contributed by atoms with Crippen LogP contribution >= 0.6 is 11.6 Å². The lowest BCUT2D eigenvalue weighted by Crippen LogP contribution is -2.12. The third-order valence-electron chi connectivity index (χ3n) is 1.10. The van der Waals surface area contributed by atoms with Gasteiger partial charge in [-0.05, 0) is 12.8 Å². The molecule has 10 heavy (non-hydrogen) atoms. The third kappa shape index (κ3) is 6.29. The molecule has 0 heterocycles. The quantitative estimate of drug-likeness (QED) is 0.504. The predicted octanol–water partition coefficient (Wildman–Crippen LogP) is 1.79. The maximum absolute atomic E-state index is 5.45. The highest BCUT2D eigenvalue weighted by molar-refractivity contribution is 6.17. The van der Waals surface area contributed by atoms with Gasteiger partial charge in [-0.2, -0.15) is 0 Å². The molecule has 64 valence electrons. The number of halogens is 1. The molecule has 3 nitrogen and oxygen atoms in total. The van der Waals surface area contributed by atoms with Crippen LogP contribution in [0.25, 0.3) is 0 Å². The fourth-order valence-corrected chi connectivity index (χ4v) is 0.730. The minimum absolute atomic E-state index is 0. The Morgan fingerprint density at radius 3 is 2.10 bits per heavy atom. The molecule has 4 heteroatoms. The lowest BCUT2D eigenvalue weighted by molar-refractivity contribution is -0.106. The van der Waals surface area contributed by atoms with Gasteiger partial charge in [0, 0.05) is 20.1 Å². The van der Waals surface area contributed by atoms with Crippen LogP contribution in [0, 0.1) is 0 Å². The third-order valence-corrected chi connectivity index (χ3v) is 1.37. The van der Waals surface area contributed by atoms with E-state index in [9.17, 15) is 0 Å². The highest BCUT2D eigenvalue weighted by atomic mass is 35.5. The van der Waals surface area contributed by atoms with Crippen LogP contribution in [0.1, 0.15) is 12.8 Å². The molecule has 3 N–H and O–H groups in total. The first-order valence-corrected chi connectivity index (χ1v) is 3.50. The summed E-state index contributed by atoms with van der Waals surface area (Å²) in [6, 6.07) is 0. The molecule has 0 aliphatic carbocycles. The minimum Gasteiger partial charge on any atom is -0.356 e. The van der Waals surface area contributed by atoms with Crippen LogP contribution in [0.4, 0.5) is 0 Å². The molecule has 0 aromatic heterocycles. The van der Waals surface area contributed by atoms with Crippen molar-refractivity contribution in [3.63, 3.8) is 0 Å². The Morgan fingerprint density at radius 1 is 1.30 bits per heavy atom. The van der Waals surface area contributed by atoms with Crippen molar-refractivity contribution < 1.29 is 9.47 Å². The molecule has 0 spiro atoms. The normalized spacial score (nSPS) is 9.60. The van der Waals surface area contributed by atoms with E-state index < -0.39 is 0 Å². The standard InChI is InChI=1S/C6H13ClO2.H3N/c1-8-6(9-2)4-3-5-7;/h6H,3-5H2,1-2H3;1H3. The van der Waals surface area contributed by atoms with Crippen LogP contribution in [0.2, 0.25) is 0 Å². The van der Waals surface area contributed by atoms with Gasteiger partial charge in [-0.25, -0.2) is 0 Å². The Labute approximate surface area is 67.2 Å². The lowest BCUT2D eigenvalue weighted by atomic mass is 10.3. The van der Waals surface area contributed by atoms with Crippen molar-refractivity contribution in [3.8, 4) is 0 Å². The molecule has 0 aliphatic rings. The van der Waals surface area contributed by atoms with Gasteiger partial charge >= 0.3 is 0 Å². The van der Waals surface area contributed by atoms with Crippen molar-refractivity contribution in [1.82, 2.24) is 6.15 Å². The average Bonchev–Trinajstić information content (AvgIpc) is 1.91. The summed E-state index contributed by atoms with van der Waals surface area (Å²) in [7, 11) is 3.25. The van der Waals surface area contributed by atoms with Gasteiger partial charge in [0.15, 0.2) is 6.29 Å². The summed E-state index contributed by atoms with van der Waals surface area (Å²) in [5.41, 5.74) is 0. The van der Waals surface area contributed by atoms with E-state index in [4.69, 9.17) is 21.1 Å². The van der Waals surface area contributed by atoms with Crippen molar-refractivity contribution in [2.45, 2.75) is 19.1 Å². The molecule has 0 unspecified atom stereocenters. The molecular weight excluding hydrogens is 154 g/mol. The van der Waals surface area contributed by atoms with Gasteiger partial charge in [0.2, 0.25) is 0 Å². The largest absolute Gasteiger partial charge is 0.356 e. The van der Waals surface area contributed by atoms with Gasteiger partial charge in [-0.15, -0.1) is 11.6 Å². The molecular formula is C6H16ClNO2. The number of hydrogen-bond acceptors (Lipinski definition) is 3. The summed E-state index contributed by atoms with van der Waals surface area (Å²) in [5.74, 6) is 0.670. The summed E-state index contributed by atoms with van der Waals surface area (Å²) in [6.07, 6.45) is 1.73. The molecule has 0 saturated heterocycles. The Kier molecular flexibility index (Phi) is 11.7. The van der Waals surface area contributed by atoms with Crippen LogP contribution in [-0.2, 0) is 9.47 Å². The van der Waals surface area contributed by atoms with E-state index in [1.807, 2.05) is 0 Å². The van der Waals surface area contributed by atoms with Gasteiger partial charge in [0.1, 0.15) is 0 Å². The number of methoxy groups -OCH3 is 2. The molecule has 0 radical (unpaired) electrons. The SMILES string of the molecule is COC(CCCCl)OC.N. The molecule has 0 fully saturated rings. The van der Waals surface area contributed by atoms with E-state index in [1.165, 1.54) is 0 Å². The van der Waals surface area contributed by atoms with Gasteiger partial charge in [0.05, 0.1) is 0 Å². The number of rotatable bonds is 5.